The minimum Gasteiger partial charge on any atom is -0.363 e. The van der Waals surface area contributed by atoms with Crippen LogP contribution < -0.4 is 11.1 Å². The van der Waals surface area contributed by atoms with Gasteiger partial charge in [-0.3, -0.25) is 19.4 Å². The lowest BCUT2D eigenvalue weighted by Gasteiger charge is -2.14. The number of nitrogens with one attached hydrogen (secondary N) is 1. The van der Waals surface area contributed by atoms with Crippen LogP contribution in [0.5, 0.6) is 0 Å². The van der Waals surface area contributed by atoms with Crippen molar-refractivity contribution in [2.75, 3.05) is 0 Å². The van der Waals surface area contributed by atoms with Crippen molar-refractivity contribution in [3.63, 3.8) is 0 Å². The van der Waals surface area contributed by atoms with Crippen LogP contribution in [-0.4, -0.2) is 33.8 Å². The zero-order valence-corrected chi connectivity index (χ0v) is 14.2. The van der Waals surface area contributed by atoms with E-state index in [4.69, 9.17) is 10.3 Å². The Bertz CT molecular complexity index is 921. The number of thiophene rings is 1. The molecule has 3 N–H and O–H groups in total. The number of hydrogen-bond donors (Lipinski definition) is 2. The maximum absolute atomic E-state index is 12.6. The van der Waals surface area contributed by atoms with Crippen LogP contribution in [0, 0.1) is 0 Å². The summed E-state index contributed by atoms with van der Waals surface area (Å²) in [4.78, 5) is 41.0. The molecule has 0 fully saturated rings. The number of hydrogen-bond acceptors (Lipinski definition) is 7. The van der Waals surface area contributed by atoms with E-state index in [1.54, 1.807) is 30.5 Å². The quantitative estimate of drug-likeness (QED) is 0.601. The van der Waals surface area contributed by atoms with Crippen molar-refractivity contribution in [1.82, 2.24) is 15.5 Å². The van der Waals surface area contributed by atoms with Crippen molar-refractivity contribution in [2.45, 2.75) is 12.5 Å². The van der Waals surface area contributed by atoms with Gasteiger partial charge in [-0.05, 0) is 23.6 Å². The molecule has 26 heavy (non-hydrogen) atoms. The number of ketones is 1. The van der Waals surface area contributed by atoms with Crippen molar-refractivity contribution in [3.05, 3.63) is 58.7 Å². The summed E-state index contributed by atoms with van der Waals surface area (Å²) in [6.45, 7) is 0. The molecular formula is C17H14N4O4S. The fraction of sp³-hybridized carbons (Fsp3) is 0.118. The predicted molar refractivity (Wildman–Crippen MR) is 93.2 cm³/mol. The van der Waals surface area contributed by atoms with E-state index in [-0.39, 0.29) is 12.2 Å². The molecule has 132 valence electrons. The molecule has 0 aliphatic carbocycles. The van der Waals surface area contributed by atoms with Gasteiger partial charge in [0.2, 0.25) is 11.5 Å². The van der Waals surface area contributed by atoms with Gasteiger partial charge in [0.1, 0.15) is 6.04 Å². The minimum absolute atomic E-state index is 0.0999. The van der Waals surface area contributed by atoms with Crippen LogP contribution >= 0.6 is 11.3 Å². The molecular weight excluding hydrogens is 356 g/mol. The zero-order chi connectivity index (χ0) is 18.5. The van der Waals surface area contributed by atoms with Gasteiger partial charge in [-0.2, -0.15) is 0 Å². The number of amides is 2. The first-order valence-electron chi connectivity index (χ1n) is 7.59. The molecule has 3 heterocycles. The lowest BCUT2D eigenvalue weighted by atomic mass is 10.1. The molecule has 8 nitrogen and oxygen atoms in total. The van der Waals surface area contributed by atoms with Crippen molar-refractivity contribution in [1.29, 1.82) is 0 Å². The van der Waals surface area contributed by atoms with Gasteiger partial charge < -0.3 is 15.6 Å². The summed E-state index contributed by atoms with van der Waals surface area (Å²) in [6.07, 6.45) is 3.08. The second-order valence-electron chi connectivity index (χ2n) is 5.32. The Morgan fingerprint density at radius 1 is 1.23 bits per heavy atom. The van der Waals surface area contributed by atoms with Crippen LogP contribution in [0.1, 0.15) is 15.4 Å². The van der Waals surface area contributed by atoms with Gasteiger partial charge in [0.25, 0.3) is 11.8 Å². The highest BCUT2D eigenvalue weighted by atomic mass is 32.1. The SMILES string of the molecule is NC(=O)C(=O)C(Cc1cccs1)NC(=O)c1oncc1-c1ccccn1. The molecule has 0 spiro atoms. The van der Waals surface area contributed by atoms with E-state index in [1.165, 1.54) is 17.5 Å². The highest BCUT2D eigenvalue weighted by Crippen LogP contribution is 2.21. The monoisotopic (exact) mass is 370 g/mol. The number of carbonyl (C=O) groups is 3. The molecule has 3 aromatic heterocycles. The number of primary amides is 1. The third kappa shape index (κ3) is 3.83. The van der Waals surface area contributed by atoms with Crippen LogP contribution in [0.15, 0.2) is 52.6 Å². The number of nitrogens with zero attached hydrogens (tertiary/aromatic N) is 2. The molecule has 2 amide bonds. The van der Waals surface area contributed by atoms with Crippen LogP contribution in [0.4, 0.5) is 0 Å². The van der Waals surface area contributed by atoms with E-state index >= 15 is 0 Å². The largest absolute Gasteiger partial charge is 0.363 e. The highest BCUT2D eigenvalue weighted by molar-refractivity contribution is 7.09. The summed E-state index contributed by atoms with van der Waals surface area (Å²) in [6, 6.07) is 7.70. The maximum Gasteiger partial charge on any atom is 0.291 e. The topological polar surface area (TPSA) is 128 Å². The van der Waals surface area contributed by atoms with Crippen LogP contribution in [0.2, 0.25) is 0 Å². The molecule has 0 aromatic carbocycles. The number of rotatable bonds is 7. The number of pyridine rings is 1. The Hall–Kier alpha value is -3.33. The third-order valence-electron chi connectivity index (χ3n) is 3.57. The Morgan fingerprint density at radius 3 is 2.73 bits per heavy atom. The van der Waals surface area contributed by atoms with E-state index in [2.05, 4.69) is 15.5 Å². The Balaban J connectivity index is 1.83. The van der Waals surface area contributed by atoms with Gasteiger partial charge >= 0.3 is 0 Å². The summed E-state index contributed by atoms with van der Waals surface area (Å²) in [5, 5.41) is 7.97. The summed E-state index contributed by atoms with van der Waals surface area (Å²) < 4.78 is 5.03. The molecule has 0 aliphatic rings. The first-order valence-corrected chi connectivity index (χ1v) is 8.47. The summed E-state index contributed by atoms with van der Waals surface area (Å²) >= 11 is 1.40. The molecule has 0 aliphatic heterocycles. The zero-order valence-electron chi connectivity index (χ0n) is 13.4. The van der Waals surface area contributed by atoms with Gasteiger partial charge in [-0.15, -0.1) is 11.3 Å². The van der Waals surface area contributed by atoms with Crippen molar-refractivity contribution >= 4 is 28.9 Å². The Labute approximate surface area is 152 Å². The number of aromatic nitrogens is 2. The molecule has 0 radical (unpaired) electrons. The number of carbonyl (C=O) groups excluding carboxylic acids is 3. The second kappa shape index (κ2) is 7.70. The molecule has 0 saturated heterocycles. The fourth-order valence-electron chi connectivity index (χ4n) is 2.34. The van der Waals surface area contributed by atoms with Gasteiger partial charge in [-0.25, -0.2) is 0 Å². The van der Waals surface area contributed by atoms with Crippen LogP contribution in [0.25, 0.3) is 11.3 Å². The van der Waals surface area contributed by atoms with Crippen molar-refractivity contribution < 1.29 is 18.9 Å². The first-order chi connectivity index (χ1) is 12.6. The molecule has 9 heteroatoms. The average molecular weight is 370 g/mol. The predicted octanol–water partition coefficient (Wildman–Crippen LogP) is 1.19. The summed E-state index contributed by atoms with van der Waals surface area (Å²) in [5.41, 5.74) is 5.97. The van der Waals surface area contributed by atoms with E-state index in [0.717, 1.165) is 4.88 Å². The van der Waals surface area contributed by atoms with Crippen molar-refractivity contribution in [2.24, 2.45) is 5.73 Å². The standard InChI is InChI=1S/C17H14N4O4S/c18-16(23)14(22)13(8-10-4-3-7-26-10)21-17(24)15-11(9-20-25-15)12-5-1-2-6-19-12/h1-7,9,13H,8H2,(H2,18,23)(H,21,24). The van der Waals surface area contributed by atoms with E-state index < -0.39 is 23.6 Å². The van der Waals surface area contributed by atoms with Gasteiger partial charge in [0.05, 0.1) is 17.5 Å². The lowest BCUT2D eigenvalue weighted by molar-refractivity contribution is -0.137. The van der Waals surface area contributed by atoms with E-state index in [0.29, 0.717) is 11.3 Å². The second-order valence-corrected chi connectivity index (χ2v) is 6.35. The van der Waals surface area contributed by atoms with Gasteiger partial charge in [-0.1, -0.05) is 17.3 Å². The molecule has 0 saturated carbocycles. The fourth-order valence-corrected chi connectivity index (χ4v) is 3.09. The maximum atomic E-state index is 12.6. The van der Waals surface area contributed by atoms with Gasteiger partial charge in [0.15, 0.2) is 0 Å². The van der Waals surface area contributed by atoms with Crippen LogP contribution in [0.3, 0.4) is 0 Å². The molecule has 3 aromatic rings. The van der Waals surface area contributed by atoms with Gasteiger partial charge in [0, 0.05) is 17.5 Å². The molecule has 3 rings (SSSR count). The summed E-state index contributed by atoms with van der Waals surface area (Å²) in [5.74, 6) is -2.78. The van der Waals surface area contributed by atoms with E-state index in [1.807, 2.05) is 11.4 Å². The Morgan fingerprint density at radius 2 is 2.08 bits per heavy atom. The van der Waals surface area contributed by atoms with Crippen LogP contribution in [-0.2, 0) is 16.0 Å². The third-order valence-corrected chi connectivity index (χ3v) is 4.47. The van der Waals surface area contributed by atoms with E-state index in [9.17, 15) is 14.4 Å². The average Bonchev–Trinajstić information content (AvgIpc) is 3.32. The lowest BCUT2D eigenvalue weighted by Crippen LogP contribution is -2.47. The minimum atomic E-state index is -1.12. The van der Waals surface area contributed by atoms with Crippen molar-refractivity contribution in [3.8, 4) is 11.3 Å². The first kappa shape index (κ1) is 17.5. The molecule has 1 unspecified atom stereocenters. The molecule has 0 bridgehead atoms. The normalized spacial score (nSPS) is 11.7. The summed E-state index contributed by atoms with van der Waals surface area (Å²) in [7, 11) is 0. The number of nitrogens with two attached hydrogens (primary N) is 1. The Kier molecular flexibility index (Phi) is 5.18. The highest BCUT2D eigenvalue weighted by Gasteiger charge is 2.29. The smallest absolute Gasteiger partial charge is 0.291 e. The number of Topliss-reactive ketones (excluding diaryl/α,β-unsaturated/α-hetero) is 1. The molecule has 1 atom stereocenters.